The Kier molecular flexibility index (Phi) is 5.83. The number of benzene rings is 3. The Bertz CT molecular complexity index is 1030. The molecule has 4 rings (SSSR count). The Morgan fingerprint density at radius 2 is 1.07 bits per heavy atom. The smallest absolute Gasteiger partial charge is 0.115 e. The second kappa shape index (κ2) is 8.38. The normalized spacial score (nSPS) is 23.4. The molecule has 0 saturated carbocycles. The summed E-state index contributed by atoms with van der Waals surface area (Å²) < 4.78 is 13.1. The van der Waals surface area contributed by atoms with Crippen molar-refractivity contribution in [3.05, 3.63) is 101 Å². The molecule has 2 unspecified atom stereocenters. The van der Waals surface area contributed by atoms with Crippen LogP contribution in [0.5, 0.6) is 5.75 Å². The number of halogens is 1. The first-order valence-electron chi connectivity index (χ1n) is 9.97. The first-order valence-corrected chi connectivity index (χ1v) is 10.8. The largest absolute Gasteiger partial charge is 0.508 e. The molecule has 0 radical (unpaired) electrons. The van der Waals surface area contributed by atoms with Crippen LogP contribution in [0.2, 0.25) is 0 Å². The van der Waals surface area contributed by atoms with E-state index in [1.54, 1.807) is 26.4 Å². The van der Waals surface area contributed by atoms with Crippen LogP contribution in [0.3, 0.4) is 0 Å². The Morgan fingerprint density at radius 1 is 0.667 bits per heavy atom. The zero-order chi connectivity index (χ0) is 21.2. The van der Waals surface area contributed by atoms with Gasteiger partial charge in [0.05, 0.1) is 0 Å². The first-order chi connectivity index (χ1) is 14.5. The maximum Gasteiger partial charge on any atom is 0.115 e. The van der Waals surface area contributed by atoms with Crippen molar-refractivity contribution in [2.24, 2.45) is 0 Å². The van der Waals surface area contributed by atoms with Gasteiger partial charge < -0.3 is 14.6 Å². The van der Waals surface area contributed by atoms with E-state index in [-0.39, 0.29) is 5.75 Å². The molecule has 30 heavy (non-hydrogen) atoms. The van der Waals surface area contributed by atoms with Gasteiger partial charge in [-0.2, -0.15) is 0 Å². The van der Waals surface area contributed by atoms with Gasteiger partial charge in [-0.15, -0.1) is 0 Å². The van der Waals surface area contributed by atoms with Crippen LogP contribution in [0.4, 0.5) is 0 Å². The van der Waals surface area contributed by atoms with Crippen molar-refractivity contribution in [3.63, 3.8) is 0 Å². The zero-order valence-electron chi connectivity index (χ0n) is 17.1. The fourth-order valence-electron chi connectivity index (χ4n) is 4.20. The summed E-state index contributed by atoms with van der Waals surface area (Å²) in [5.74, 6) is 0.272. The third-order valence-corrected chi connectivity index (χ3v) is 6.65. The number of hydrogen-bond acceptors (Lipinski definition) is 3. The van der Waals surface area contributed by atoms with E-state index < -0.39 is 11.2 Å². The van der Waals surface area contributed by atoms with Crippen LogP contribution in [0.25, 0.3) is 11.1 Å². The van der Waals surface area contributed by atoms with E-state index in [2.05, 4.69) is 64.5 Å². The minimum Gasteiger partial charge on any atom is -0.508 e. The summed E-state index contributed by atoms with van der Waals surface area (Å²) >= 11 is 3.50. The monoisotopic (exact) mass is 464 g/mol. The molecule has 4 heteroatoms. The van der Waals surface area contributed by atoms with Crippen molar-refractivity contribution < 1.29 is 14.6 Å². The third kappa shape index (κ3) is 3.83. The number of rotatable bonds is 5. The molecular weight excluding hydrogens is 440 g/mol. The molecule has 154 valence electrons. The zero-order valence-corrected chi connectivity index (χ0v) is 18.7. The van der Waals surface area contributed by atoms with Gasteiger partial charge in [-0.1, -0.05) is 64.5 Å². The van der Waals surface area contributed by atoms with Gasteiger partial charge in [0.1, 0.15) is 17.0 Å². The van der Waals surface area contributed by atoms with E-state index in [0.29, 0.717) is 0 Å². The fraction of sp³-hybridized carbons (Fsp3) is 0.231. The average Bonchev–Trinajstić information content (AvgIpc) is 2.80. The van der Waals surface area contributed by atoms with Crippen molar-refractivity contribution in [1.82, 2.24) is 0 Å². The van der Waals surface area contributed by atoms with Crippen LogP contribution in [0, 0.1) is 0 Å². The summed E-state index contributed by atoms with van der Waals surface area (Å²) in [5, 5.41) is 9.51. The van der Waals surface area contributed by atoms with Gasteiger partial charge >= 0.3 is 0 Å². The lowest BCUT2D eigenvalue weighted by Crippen LogP contribution is -2.37. The topological polar surface area (TPSA) is 38.7 Å². The van der Waals surface area contributed by atoms with Gasteiger partial charge in [0.15, 0.2) is 0 Å². The number of aromatic hydroxyl groups is 1. The van der Waals surface area contributed by atoms with Crippen molar-refractivity contribution in [2.45, 2.75) is 24.0 Å². The van der Waals surface area contributed by atoms with E-state index in [9.17, 15) is 5.11 Å². The van der Waals surface area contributed by atoms with Gasteiger partial charge in [0.2, 0.25) is 0 Å². The number of methoxy groups -OCH3 is 2. The van der Waals surface area contributed by atoms with Crippen LogP contribution in [-0.4, -0.2) is 19.3 Å². The van der Waals surface area contributed by atoms with Gasteiger partial charge in [0.25, 0.3) is 0 Å². The molecule has 0 spiro atoms. The Hall–Kier alpha value is -2.40. The van der Waals surface area contributed by atoms with Gasteiger partial charge in [-0.25, -0.2) is 0 Å². The van der Waals surface area contributed by atoms with E-state index in [4.69, 9.17) is 9.47 Å². The minimum absolute atomic E-state index is 0.272. The number of phenols is 1. The number of ether oxygens (including phenoxy) is 2. The summed E-state index contributed by atoms with van der Waals surface area (Å²) in [6, 6.07) is 24.0. The van der Waals surface area contributed by atoms with E-state index in [1.165, 1.54) is 0 Å². The Balaban J connectivity index is 1.64. The molecule has 3 aromatic carbocycles. The molecule has 3 aromatic rings. The molecule has 0 amide bonds. The maximum atomic E-state index is 9.51. The summed E-state index contributed by atoms with van der Waals surface area (Å²) in [6.07, 6.45) is 5.90. The van der Waals surface area contributed by atoms with Crippen LogP contribution >= 0.6 is 15.9 Å². The molecule has 0 fully saturated rings. The highest BCUT2D eigenvalue weighted by molar-refractivity contribution is 9.10. The van der Waals surface area contributed by atoms with Crippen LogP contribution in [-0.2, 0) is 20.7 Å². The number of phenolic OH excluding ortho intramolecular Hbond substituents is 1. The second-order valence-electron chi connectivity index (χ2n) is 7.65. The van der Waals surface area contributed by atoms with Crippen LogP contribution < -0.4 is 0 Å². The van der Waals surface area contributed by atoms with Gasteiger partial charge in [-0.05, 0) is 71.5 Å². The molecular formula is C26H25BrO3. The molecule has 1 N–H and O–H groups in total. The van der Waals surface area contributed by atoms with Crippen LogP contribution in [0.1, 0.15) is 24.0 Å². The van der Waals surface area contributed by atoms with Crippen molar-refractivity contribution >= 4 is 15.9 Å². The standard InChI is InChI=1S/C26H25BrO3/c1-29-25(21-7-3-19(4-8-21)20-5-13-24(28)14-6-20)15-17-26(30-2,18-16-25)22-9-11-23(27)12-10-22/h3-15,17,28H,16,18H2,1-2H3. The molecule has 0 aliphatic heterocycles. The number of hydrogen-bond donors (Lipinski definition) is 1. The highest BCUT2D eigenvalue weighted by Gasteiger charge is 2.41. The van der Waals surface area contributed by atoms with Crippen LogP contribution in [0.15, 0.2) is 89.4 Å². The molecule has 1 aliphatic rings. The summed E-state index contributed by atoms with van der Waals surface area (Å²) in [6.45, 7) is 0. The Morgan fingerprint density at radius 3 is 1.47 bits per heavy atom. The predicted molar refractivity (Wildman–Crippen MR) is 123 cm³/mol. The van der Waals surface area contributed by atoms with Gasteiger partial charge in [0, 0.05) is 18.7 Å². The van der Waals surface area contributed by atoms with E-state index >= 15 is 0 Å². The SMILES string of the molecule is COC1(c2ccc(Br)cc2)C=CC(OC)(c2ccc(-c3ccc(O)cc3)cc2)CC1. The third-order valence-electron chi connectivity index (χ3n) is 6.13. The van der Waals surface area contributed by atoms with E-state index in [1.807, 2.05) is 24.3 Å². The predicted octanol–water partition coefficient (Wildman–Crippen LogP) is 6.56. The summed E-state index contributed by atoms with van der Waals surface area (Å²) in [5.41, 5.74) is 3.49. The average molecular weight is 465 g/mol. The molecule has 3 nitrogen and oxygen atoms in total. The molecule has 0 aromatic heterocycles. The van der Waals surface area contributed by atoms with Crippen molar-refractivity contribution in [3.8, 4) is 16.9 Å². The molecule has 0 saturated heterocycles. The van der Waals surface area contributed by atoms with Crippen molar-refractivity contribution in [2.75, 3.05) is 14.2 Å². The fourth-order valence-corrected chi connectivity index (χ4v) is 4.46. The summed E-state index contributed by atoms with van der Waals surface area (Å²) in [4.78, 5) is 0. The maximum absolute atomic E-state index is 9.51. The lowest BCUT2D eigenvalue weighted by atomic mass is 9.75. The molecule has 1 aliphatic carbocycles. The van der Waals surface area contributed by atoms with Gasteiger partial charge in [-0.3, -0.25) is 0 Å². The first kappa shape index (κ1) is 20.9. The van der Waals surface area contributed by atoms with Crippen molar-refractivity contribution in [1.29, 1.82) is 0 Å². The molecule has 0 heterocycles. The quantitative estimate of drug-likeness (QED) is 0.434. The lowest BCUT2D eigenvalue weighted by molar-refractivity contribution is -0.0410. The molecule has 2 atom stereocenters. The highest BCUT2D eigenvalue weighted by Crippen LogP contribution is 2.45. The van der Waals surface area contributed by atoms with E-state index in [0.717, 1.165) is 39.6 Å². The summed E-state index contributed by atoms with van der Waals surface area (Å²) in [7, 11) is 3.52. The minimum atomic E-state index is -0.481. The Labute approximate surface area is 186 Å². The lowest BCUT2D eigenvalue weighted by Gasteiger charge is -2.41. The molecule has 0 bridgehead atoms. The highest BCUT2D eigenvalue weighted by atomic mass is 79.9. The second-order valence-corrected chi connectivity index (χ2v) is 8.57.